The summed E-state index contributed by atoms with van der Waals surface area (Å²) < 4.78 is 37.6. The Morgan fingerprint density at radius 3 is 2.14 bits per heavy atom. The molecule has 1 aromatic carbocycles. The van der Waals surface area contributed by atoms with Crippen LogP contribution in [0.15, 0.2) is 12.1 Å². The number of hydrogen-bond acceptors (Lipinski definition) is 2. The molecule has 0 radical (unpaired) electrons. The Morgan fingerprint density at radius 1 is 1.29 bits per heavy atom. The molecule has 0 fully saturated rings. The summed E-state index contributed by atoms with van der Waals surface area (Å²) >= 11 is 0. The Labute approximate surface area is 77.3 Å². The normalized spacial score (nSPS) is 10.2. The molecule has 0 aliphatic rings. The third-order valence-electron chi connectivity index (χ3n) is 1.64. The molecule has 0 spiro atoms. The lowest BCUT2D eigenvalue weighted by Crippen LogP contribution is -1.99. The van der Waals surface area contributed by atoms with Crippen molar-refractivity contribution in [2.24, 2.45) is 0 Å². The number of halogens is 3. The van der Waals surface area contributed by atoms with Crippen LogP contribution in [0, 0.1) is 21.7 Å². The largest absolute Gasteiger partial charge is 0.340 e. The minimum atomic E-state index is -1.28. The molecular formula is C8H6F3NO2. The average Bonchev–Trinajstić information content (AvgIpc) is 2.01. The zero-order valence-corrected chi connectivity index (χ0v) is 6.97. The van der Waals surface area contributed by atoms with Crippen molar-refractivity contribution in [3.05, 3.63) is 39.4 Å². The lowest BCUT2D eigenvalue weighted by Gasteiger charge is -2.00. The van der Waals surface area contributed by atoms with Crippen molar-refractivity contribution in [1.29, 1.82) is 0 Å². The monoisotopic (exact) mass is 205 g/mol. The molecule has 0 aromatic heterocycles. The maximum absolute atomic E-state index is 12.9. The quantitative estimate of drug-likeness (QED) is 0.561. The highest BCUT2D eigenvalue weighted by Gasteiger charge is 2.21. The van der Waals surface area contributed by atoms with Crippen molar-refractivity contribution in [2.45, 2.75) is 6.42 Å². The second kappa shape index (κ2) is 4.08. The standard InChI is InChI=1S/C8H6F3NO2/c9-2-1-5-3-6(10)8(12(13)14)7(11)4-5/h3-4H,1-2H2. The molecule has 1 rings (SSSR count). The van der Waals surface area contributed by atoms with Gasteiger partial charge in [-0.05, 0) is 17.7 Å². The first-order valence-electron chi connectivity index (χ1n) is 3.74. The smallest absolute Gasteiger partial charge is 0.258 e. The summed E-state index contributed by atoms with van der Waals surface area (Å²) in [5, 5.41) is 10.2. The molecule has 14 heavy (non-hydrogen) atoms. The molecule has 0 bridgehead atoms. The minimum Gasteiger partial charge on any atom is -0.258 e. The van der Waals surface area contributed by atoms with E-state index < -0.39 is 28.9 Å². The highest BCUT2D eigenvalue weighted by atomic mass is 19.1. The number of nitro benzene ring substituents is 1. The molecule has 0 saturated heterocycles. The van der Waals surface area contributed by atoms with Gasteiger partial charge >= 0.3 is 5.69 Å². The molecule has 0 N–H and O–H groups in total. The summed E-state index contributed by atoms with van der Waals surface area (Å²) in [6.45, 7) is -0.767. The predicted molar refractivity (Wildman–Crippen MR) is 42.7 cm³/mol. The molecule has 3 nitrogen and oxygen atoms in total. The summed E-state index contributed by atoms with van der Waals surface area (Å²) in [7, 11) is 0. The highest BCUT2D eigenvalue weighted by molar-refractivity contribution is 5.37. The molecule has 0 heterocycles. The van der Waals surface area contributed by atoms with Gasteiger partial charge in [-0.3, -0.25) is 14.5 Å². The molecule has 0 aliphatic carbocycles. The maximum atomic E-state index is 12.9. The number of rotatable bonds is 3. The van der Waals surface area contributed by atoms with Crippen LogP contribution in [0.5, 0.6) is 0 Å². The number of hydrogen-bond donors (Lipinski definition) is 0. The van der Waals surface area contributed by atoms with Crippen LogP contribution in [0.3, 0.4) is 0 Å². The van der Waals surface area contributed by atoms with E-state index in [-0.39, 0.29) is 12.0 Å². The molecule has 0 aliphatic heterocycles. The Balaban J connectivity index is 3.18. The fourth-order valence-corrected chi connectivity index (χ4v) is 1.05. The van der Waals surface area contributed by atoms with Gasteiger partial charge in [0.2, 0.25) is 11.6 Å². The van der Waals surface area contributed by atoms with Gasteiger partial charge in [-0.15, -0.1) is 0 Å². The summed E-state index contributed by atoms with van der Waals surface area (Å²) in [5.74, 6) is -2.56. The van der Waals surface area contributed by atoms with E-state index in [9.17, 15) is 23.3 Å². The van der Waals surface area contributed by atoms with Crippen LogP contribution >= 0.6 is 0 Å². The second-order valence-corrected chi connectivity index (χ2v) is 2.60. The summed E-state index contributed by atoms with van der Waals surface area (Å²) in [6, 6.07) is 1.53. The topological polar surface area (TPSA) is 43.1 Å². The van der Waals surface area contributed by atoms with Crippen molar-refractivity contribution >= 4 is 5.69 Å². The predicted octanol–water partition coefficient (Wildman–Crippen LogP) is 2.39. The summed E-state index contributed by atoms with van der Waals surface area (Å²) in [6.07, 6.45) is -0.161. The molecular weight excluding hydrogens is 199 g/mol. The Morgan fingerprint density at radius 2 is 1.79 bits per heavy atom. The van der Waals surface area contributed by atoms with Crippen molar-refractivity contribution in [3.63, 3.8) is 0 Å². The van der Waals surface area contributed by atoms with Crippen LogP contribution in [0.2, 0.25) is 0 Å². The van der Waals surface area contributed by atoms with Crippen LogP contribution in [-0.4, -0.2) is 11.6 Å². The molecule has 1 aromatic rings. The number of benzene rings is 1. The van der Waals surface area contributed by atoms with Gasteiger partial charge in [-0.25, -0.2) is 0 Å². The van der Waals surface area contributed by atoms with E-state index in [4.69, 9.17) is 0 Å². The number of nitro groups is 1. The lowest BCUT2D eigenvalue weighted by atomic mass is 10.1. The minimum absolute atomic E-state index is 0.0631. The number of nitrogens with zero attached hydrogens (tertiary/aromatic N) is 1. The first kappa shape index (κ1) is 10.5. The van der Waals surface area contributed by atoms with Crippen molar-refractivity contribution < 1.29 is 18.1 Å². The Hall–Kier alpha value is -1.59. The van der Waals surface area contributed by atoms with E-state index in [1.165, 1.54) is 0 Å². The van der Waals surface area contributed by atoms with E-state index in [1.54, 1.807) is 0 Å². The van der Waals surface area contributed by atoms with Gasteiger partial charge in [-0.2, -0.15) is 8.78 Å². The van der Waals surface area contributed by atoms with Crippen LogP contribution in [0.25, 0.3) is 0 Å². The summed E-state index contributed by atoms with van der Waals surface area (Å²) in [4.78, 5) is 9.01. The van der Waals surface area contributed by atoms with Crippen LogP contribution in [-0.2, 0) is 6.42 Å². The fourth-order valence-electron chi connectivity index (χ4n) is 1.05. The second-order valence-electron chi connectivity index (χ2n) is 2.60. The van der Waals surface area contributed by atoms with Gasteiger partial charge in [0.15, 0.2) is 0 Å². The van der Waals surface area contributed by atoms with Gasteiger partial charge in [0.05, 0.1) is 11.6 Å². The fraction of sp³-hybridized carbons (Fsp3) is 0.250. The summed E-state index contributed by atoms with van der Waals surface area (Å²) in [5.41, 5.74) is -1.14. The van der Waals surface area contributed by atoms with E-state index in [0.717, 1.165) is 12.1 Å². The molecule has 76 valence electrons. The van der Waals surface area contributed by atoms with Crippen molar-refractivity contribution in [1.82, 2.24) is 0 Å². The van der Waals surface area contributed by atoms with Gasteiger partial charge in [0.25, 0.3) is 0 Å². The Kier molecular flexibility index (Phi) is 3.06. The third kappa shape index (κ3) is 2.01. The molecule has 6 heteroatoms. The van der Waals surface area contributed by atoms with E-state index in [2.05, 4.69) is 0 Å². The molecule has 0 amide bonds. The van der Waals surface area contributed by atoms with Crippen LogP contribution < -0.4 is 0 Å². The van der Waals surface area contributed by atoms with Gasteiger partial charge in [0.1, 0.15) is 0 Å². The zero-order chi connectivity index (χ0) is 10.7. The number of alkyl halides is 1. The zero-order valence-electron chi connectivity index (χ0n) is 6.97. The molecule has 0 saturated carbocycles. The lowest BCUT2D eigenvalue weighted by molar-refractivity contribution is -0.390. The first-order valence-corrected chi connectivity index (χ1v) is 3.74. The van der Waals surface area contributed by atoms with Crippen LogP contribution in [0.1, 0.15) is 5.56 Å². The number of aryl methyl sites for hydroxylation is 1. The van der Waals surface area contributed by atoms with Crippen molar-refractivity contribution in [3.8, 4) is 0 Å². The SMILES string of the molecule is O=[N+]([O-])c1c(F)cc(CCF)cc1F. The van der Waals surface area contributed by atoms with Crippen LogP contribution in [0.4, 0.5) is 18.9 Å². The van der Waals surface area contributed by atoms with E-state index in [0.29, 0.717) is 0 Å². The Bertz CT molecular complexity index is 345. The van der Waals surface area contributed by atoms with E-state index >= 15 is 0 Å². The van der Waals surface area contributed by atoms with Gasteiger partial charge in [0, 0.05) is 6.42 Å². The van der Waals surface area contributed by atoms with Gasteiger partial charge < -0.3 is 0 Å². The van der Waals surface area contributed by atoms with Gasteiger partial charge in [-0.1, -0.05) is 0 Å². The molecule has 0 atom stereocenters. The molecule has 0 unspecified atom stereocenters. The third-order valence-corrected chi connectivity index (χ3v) is 1.64. The van der Waals surface area contributed by atoms with Crippen molar-refractivity contribution in [2.75, 3.05) is 6.67 Å². The van der Waals surface area contributed by atoms with E-state index in [1.807, 2.05) is 0 Å². The first-order chi connectivity index (χ1) is 6.56. The highest BCUT2D eigenvalue weighted by Crippen LogP contribution is 2.22. The maximum Gasteiger partial charge on any atom is 0.340 e. The average molecular weight is 205 g/mol.